The van der Waals surface area contributed by atoms with Gasteiger partial charge in [-0.25, -0.2) is 4.39 Å². The molecule has 1 aromatic carbocycles. The number of hydrogen-bond donors (Lipinski definition) is 1. The van der Waals surface area contributed by atoms with Gasteiger partial charge in [0.25, 0.3) is 5.91 Å². The van der Waals surface area contributed by atoms with Crippen LogP contribution in [0.2, 0.25) is 0 Å². The molecule has 146 valence electrons. The quantitative estimate of drug-likeness (QED) is 0.755. The molecule has 1 fully saturated rings. The van der Waals surface area contributed by atoms with Gasteiger partial charge in [-0.2, -0.15) is 0 Å². The van der Waals surface area contributed by atoms with E-state index >= 15 is 0 Å². The van der Waals surface area contributed by atoms with Gasteiger partial charge in [0.15, 0.2) is 5.82 Å². The Bertz CT molecular complexity index is 1010. The van der Waals surface area contributed by atoms with Gasteiger partial charge in [-0.1, -0.05) is 17.3 Å². The zero-order valence-electron chi connectivity index (χ0n) is 16.2. The smallest absolute Gasteiger partial charge is 0.255 e. The molecular weight excluding hydrogens is 359 g/mol. The molecule has 0 aliphatic carbocycles. The number of nitrogens with one attached hydrogen (secondary N) is 1. The Kier molecular flexibility index (Phi) is 4.77. The topological polar surface area (TPSA) is 63.3 Å². The maximum absolute atomic E-state index is 13.2. The van der Waals surface area contributed by atoms with E-state index in [-0.39, 0.29) is 17.8 Å². The number of aryl methyl sites for hydroxylation is 2. The number of piperazine rings is 1. The minimum Gasteiger partial charge on any atom is -0.360 e. The van der Waals surface area contributed by atoms with Crippen LogP contribution in [-0.2, 0) is 0 Å². The van der Waals surface area contributed by atoms with Crippen LogP contribution >= 0.6 is 0 Å². The molecule has 3 heterocycles. The Balaban J connectivity index is 1.58. The maximum Gasteiger partial charge on any atom is 0.255 e. The second-order valence-corrected chi connectivity index (χ2v) is 7.23. The van der Waals surface area contributed by atoms with E-state index in [1.165, 1.54) is 12.1 Å². The van der Waals surface area contributed by atoms with Gasteiger partial charge in [-0.3, -0.25) is 9.36 Å². The molecule has 1 amide bonds. The zero-order valence-corrected chi connectivity index (χ0v) is 16.2. The van der Waals surface area contributed by atoms with E-state index in [9.17, 15) is 9.18 Å². The Morgan fingerprint density at radius 1 is 1.21 bits per heavy atom. The number of carbonyl (C=O) groups excluding carboxylic acids is 1. The fraction of sp³-hybridized carbons (Fsp3) is 0.333. The van der Waals surface area contributed by atoms with E-state index in [0.29, 0.717) is 31.0 Å². The van der Waals surface area contributed by atoms with Crippen LogP contribution in [0.3, 0.4) is 0 Å². The molecule has 1 unspecified atom stereocenters. The van der Waals surface area contributed by atoms with Crippen LogP contribution in [0.5, 0.6) is 0 Å². The van der Waals surface area contributed by atoms with E-state index in [2.05, 4.69) is 10.5 Å². The lowest BCUT2D eigenvalue weighted by molar-refractivity contribution is 0.0702. The minimum absolute atomic E-state index is 0.00632. The van der Waals surface area contributed by atoms with Crippen LogP contribution in [0.1, 0.15) is 39.1 Å². The lowest BCUT2D eigenvalue weighted by Gasteiger charge is -2.34. The van der Waals surface area contributed by atoms with Gasteiger partial charge in [0.1, 0.15) is 11.6 Å². The van der Waals surface area contributed by atoms with Crippen LogP contribution in [0, 0.1) is 26.6 Å². The van der Waals surface area contributed by atoms with E-state index in [4.69, 9.17) is 4.52 Å². The molecule has 28 heavy (non-hydrogen) atoms. The van der Waals surface area contributed by atoms with Crippen molar-refractivity contribution in [2.24, 2.45) is 0 Å². The van der Waals surface area contributed by atoms with Gasteiger partial charge in [0.05, 0.1) is 5.56 Å². The number of rotatable bonds is 3. The molecule has 4 rings (SSSR count). The number of halogens is 1. The molecular formula is C21H23FN4O2. The molecule has 6 nitrogen and oxygen atoms in total. The molecule has 1 atom stereocenters. The first-order valence-electron chi connectivity index (χ1n) is 9.35. The van der Waals surface area contributed by atoms with Crippen molar-refractivity contribution >= 4 is 5.91 Å². The molecule has 1 aliphatic rings. The summed E-state index contributed by atoms with van der Waals surface area (Å²) in [5, 5.41) is 7.48. The number of aromatic nitrogens is 2. The third kappa shape index (κ3) is 3.33. The minimum atomic E-state index is -0.261. The summed E-state index contributed by atoms with van der Waals surface area (Å²) in [6.07, 6.45) is 0. The molecule has 1 saturated heterocycles. The van der Waals surface area contributed by atoms with Gasteiger partial charge in [-0.05, 0) is 44.5 Å². The summed E-state index contributed by atoms with van der Waals surface area (Å²) >= 11 is 0. The van der Waals surface area contributed by atoms with Crippen LogP contribution in [0.4, 0.5) is 4.39 Å². The summed E-state index contributed by atoms with van der Waals surface area (Å²) in [6.45, 7) is 7.57. The van der Waals surface area contributed by atoms with Crippen molar-refractivity contribution in [2.45, 2.75) is 26.8 Å². The second kappa shape index (κ2) is 7.24. The van der Waals surface area contributed by atoms with Crippen molar-refractivity contribution in [3.63, 3.8) is 0 Å². The fourth-order valence-corrected chi connectivity index (χ4v) is 3.81. The molecule has 7 heteroatoms. The van der Waals surface area contributed by atoms with Crippen LogP contribution in [-0.4, -0.2) is 40.2 Å². The lowest BCUT2D eigenvalue weighted by Crippen LogP contribution is -2.48. The number of hydrogen-bond acceptors (Lipinski definition) is 4. The highest BCUT2D eigenvalue weighted by Crippen LogP contribution is 2.24. The number of nitrogens with zero attached hydrogens (tertiary/aromatic N) is 3. The Morgan fingerprint density at radius 3 is 2.64 bits per heavy atom. The molecule has 2 aromatic heterocycles. The molecule has 0 radical (unpaired) electrons. The molecule has 1 aliphatic heterocycles. The summed E-state index contributed by atoms with van der Waals surface area (Å²) in [4.78, 5) is 15.1. The molecule has 0 spiro atoms. The lowest BCUT2D eigenvalue weighted by atomic mass is 10.0. The van der Waals surface area contributed by atoms with E-state index < -0.39 is 0 Å². The summed E-state index contributed by atoms with van der Waals surface area (Å²) < 4.78 is 20.3. The van der Waals surface area contributed by atoms with Gasteiger partial charge in [0, 0.05) is 43.1 Å². The highest BCUT2D eigenvalue weighted by Gasteiger charge is 2.28. The van der Waals surface area contributed by atoms with Crippen molar-refractivity contribution in [1.29, 1.82) is 0 Å². The monoisotopic (exact) mass is 382 g/mol. The second-order valence-electron chi connectivity index (χ2n) is 7.23. The maximum atomic E-state index is 13.2. The predicted octanol–water partition coefficient (Wildman–Crippen LogP) is 3.32. The summed E-state index contributed by atoms with van der Waals surface area (Å²) in [5.74, 6) is 1.13. The average molecular weight is 382 g/mol. The van der Waals surface area contributed by atoms with Gasteiger partial charge in [0.2, 0.25) is 0 Å². The number of carbonyl (C=O) groups is 1. The molecule has 0 bridgehead atoms. The SMILES string of the molecule is Cc1cc(-n2c(C)cc(C(=O)N3CCNC(c4ccc(F)cc4)C3)c2C)no1. The predicted molar refractivity (Wildman–Crippen MR) is 103 cm³/mol. The highest BCUT2D eigenvalue weighted by molar-refractivity contribution is 5.96. The standard InChI is InChI=1S/C21H23FN4O2/c1-13-10-18(15(3)26(13)20-11-14(2)28-24-20)21(27)25-9-8-23-19(12-25)16-4-6-17(22)7-5-16/h4-7,10-11,19,23H,8-9,12H2,1-3H3. The largest absolute Gasteiger partial charge is 0.360 e. The van der Waals surface area contributed by atoms with Crippen LogP contribution in [0.25, 0.3) is 5.82 Å². The van der Waals surface area contributed by atoms with Gasteiger partial charge in [-0.15, -0.1) is 0 Å². The van der Waals surface area contributed by atoms with Crippen molar-refractivity contribution < 1.29 is 13.7 Å². The van der Waals surface area contributed by atoms with E-state index in [1.54, 1.807) is 12.1 Å². The summed E-state index contributed by atoms with van der Waals surface area (Å²) in [6, 6.07) is 10.2. The first-order chi connectivity index (χ1) is 13.4. The fourth-order valence-electron chi connectivity index (χ4n) is 3.81. The average Bonchev–Trinajstić information content (AvgIpc) is 3.24. The zero-order chi connectivity index (χ0) is 19.8. The number of benzene rings is 1. The Morgan fingerprint density at radius 2 is 1.96 bits per heavy atom. The normalized spacial score (nSPS) is 17.1. The third-order valence-corrected chi connectivity index (χ3v) is 5.24. The summed E-state index contributed by atoms with van der Waals surface area (Å²) in [5.41, 5.74) is 3.41. The van der Waals surface area contributed by atoms with Crippen molar-refractivity contribution in [2.75, 3.05) is 19.6 Å². The van der Waals surface area contributed by atoms with Crippen molar-refractivity contribution in [3.05, 3.63) is 70.5 Å². The summed E-state index contributed by atoms with van der Waals surface area (Å²) in [7, 11) is 0. The van der Waals surface area contributed by atoms with Crippen molar-refractivity contribution in [3.8, 4) is 5.82 Å². The Labute approximate surface area is 162 Å². The van der Waals surface area contributed by atoms with Crippen LogP contribution < -0.4 is 5.32 Å². The highest BCUT2D eigenvalue weighted by atomic mass is 19.1. The van der Waals surface area contributed by atoms with E-state index in [0.717, 1.165) is 22.7 Å². The molecule has 0 saturated carbocycles. The first kappa shape index (κ1) is 18.4. The van der Waals surface area contributed by atoms with Crippen molar-refractivity contribution in [1.82, 2.24) is 19.9 Å². The number of amides is 1. The van der Waals surface area contributed by atoms with Gasteiger partial charge < -0.3 is 14.7 Å². The molecule has 1 N–H and O–H groups in total. The Hall–Kier alpha value is -2.93. The third-order valence-electron chi connectivity index (χ3n) is 5.24. The van der Waals surface area contributed by atoms with Crippen LogP contribution in [0.15, 0.2) is 40.9 Å². The molecule has 3 aromatic rings. The van der Waals surface area contributed by atoms with Gasteiger partial charge >= 0.3 is 0 Å². The van der Waals surface area contributed by atoms with E-state index in [1.807, 2.05) is 42.4 Å². The first-order valence-corrected chi connectivity index (χ1v) is 9.35.